The van der Waals surface area contributed by atoms with Gasteiger partial charge in [0.1, 0.15) is 0 Å². The van der Waals surface area contributed by atoms with Crippen LogP contribution >= 0.6 is 0 Å². The standard InChI is InChI=1S/2C11H10.C7H8.C2H6.CH4/c2*1-9-6-7-10-4-2-3-5-11(10)8-9;1-7-5-3-2-4-6-7;1-2;/h2*2-8H,1H3;2-6H,1H3;1-2H3;1H4. The zero-order valence-corrected chi connectivity index (χ0v) is 19.5. The van der Waals surface area contributed by atoms with Crippen molar-refractivity contribution in [3.8, 4) is 0 Å². The topological polar surface area (TPSA) is 0 Å². The molecule has 0 aromatic heterocycles. The highest BCUT2D eigenvalue weighted by atomic mass is 14.0. The van der Waals surface area contributed by atoms with Crippen LogP contribution in [0.15, 0.2) is 115 Å². The Kier molecular flexibility index (Phi) is 12.2. The first-order valence-electron chi connectivity index (χ1n) is 11.0. The molecule has 5 aromatic carbocycles. The van der Waals surface area contributed by atoms with Gasteiger partial charge < -0.3 is 0 Å². The summed E-state index contributed by atoms with van der Waals surface area (Å²) in [4.78, 5) is 0. The molecule has 0 saturated carbocycles. The lowest BCUT2D eigenvalue weighted by Crippen LogP contribution is -1.73. The van der Waals surface area contributed by atoms with Crippen LogP contribution in [0.1, 0.15) is 38.0 Å². The molecule has 0 spiro atoms. The van der Waals surface area contributed by atoms with Crippen molar-refractivity contribution in [3.63, 3.8) is 0 Å². The van der Waals surface area contributed by atoms with Crippen LogP contribution < -0.4 is 0 Å². The molecule has 0 aliphatic carbocycles. The van der Waals surface area contributed by atoms with Gasteiger partial charge in [-0.15, -0.1) is 0 Å². The molecule has 0 unspecified atom stereocenters. The van der Waals surface area contributed by atoms with Gasteiger partial charge in [-0.1, -0.05) is 153 Å². The van der Waals surface area contributed by atoms with Crippen LogP contribution in [-0.4, -0.2) is 0 Å². The summed E-state index contributed by atoms with van der Waals surface area (Å²) in [5, 5.41) is 5.29. The molecular weight excluding hydrogens is 384 g/mol. The van der Waals surface area contributed by atoms with Gasteiger partial charge in [-0.05, 0) is 42.3 Å². The quantitative estimate of drug-likeness (QED) is 0.233. The first-order chi connectivity index (χ1) is 15.1. The van der Waals surface area contributed by atoms with E-state index < -0.39 is 0 Å². The van der Waals surface area contributed by atoms with Crippen molar-refractivity contribution < 1.29 is 0 Å². The Hall–Kier alpha value is -3.38. The Balaban J connectivity index is 0.000000233. The van der Waals surface area contributed by atoms with Gasteiger partial charge in [0.25, 0.3) is 0 Å². The van der Waals surface area contributed by atoms with E-state index in [9.17, 15) is 0 Å². The number of fused-ring (bicyclic) bond motifs is 2. The average Bonchev–Trinajstić information content (AvgIpc) is 2.81. The van der Waals surface area contributed by atoms with E-state index in [1.165, 1.54) is 38.2 Å². The Morgan fingerprint density at radius 2 is 0.688 bits per heavy atom. The molecule has 32 heavy (non-hydrogen) atoms. The van der Waals surface area contributed by atoms with Crippen molar-refractivity contribution in [2.45, 2.75) is 42.0 Å². The molecule has 5 rings (SSSR count). The average molecular weight is 423 g/mol. The molecule has 0 amide bonds. The van der Waals surface area contributed by atoms with Gasteiger partial charge in [-0.25, -0.2) is 0 Å². The van der Waals surface area contributed by atoms with Gasteiger partial charge in [0.2, 0.25) is 0 Å². The molecular formula is C32H38. The van der Waals surface area contributed by atoms with Crippen molar-refractivity contribution in [3.05, 3.63) is 132 Å². The van der Waals surface area contributed by atoms with Crippen LogP contribution in [0.2, 0.25) is 0 Å². The summed E-state index contributed by atoms with van der Waals surface area (Å²) in [5.41, 5.74) is 3.97. The van der Waals surface area contributed by atoms with Gasteiger partial charge >= 0.3 is 0 Å². The number of rotatable bonds is 0. The predicted octanol–water partition coefficient (Wildman–Crippen LogP) is 9.95. The van der Waals surface area contributed by atoms with Crippen molar-refractivity contribution in [1.29, 1.82) is 0 Å². The van der Waals surface area contributed by atoms with Crippen molar-refractivity contribution >= 4 is 21.5 Å². The second kappa shape index (κ2) is 14.6. The van der Waals surface area contributed by atoms with E-state index in [0.29, 0.717) is 0 Å². The molecule has 0 fully saturated rings. The first kappa shape index (κ1) is 26.7. The molecule has 0 saturated heterocycles. The van der Waals surface area contributed by atoms with Crippen molar-refractivity contribution in [1.82, 2.24) is 0 Å². The highest BCUT2D eigenvalue weighted by Gasteiger charge is 1.90. The molecule has 0 aliphatic heterocycles. The van der Waals surface area contributed by atoms with Gasteiger partial charge in [-0.3, -0.25) is 0 Å². The molecule has 166 valence electrons. The Morgan fingerprint density at radius 1 is 0.344 bits per heavy atom. The maximum atomic E-state index is 2.20. The van der Waals surface area contributed by atoms with E-state index in [2.05, 4.69) is 118 Å². The van der Waals surface area contributed by atoms with Gasteiger partial charge in [-0.2, -0.15) is 0 Å². The van der Waals surface area contributed by atoms with Crippen molar-refractivity contribution in [2.75, 3.05) is 0 Å². The maximum absolute atomic E-state index is 2.20. The molecule has 0 N–H and O–H groups in total. The molecule has 0 nitrogen and oxygen atoms in total. The van der Waals surface area contributed by atoms with Crippen LogP contribution in [0, 0.1) is 20.8 Å². The first-order valence-corrected chi connectivity index (χ1v) is 11.0. The summed E-state index contributed by atoms with van der Waals surface area (Å²) in [7, 11) is 0. The summed E-state index contributed by atoms with van der Waals surface area (Å²) < 4.78 is 0. The van der Waals surface area contributed by atoms with Gasteiger partial charge in [0.05, 0.1) is 0 Å². The molecule has 0 atom stereocenters. The van der Waals surface area contributed by atoms with E-state index in [4.69, 9.17) is 0 Å². The van der Waals surface area contributed by atoms with E-state index in [-0.39, 0.29) is 7.43 Å². The Bertz CT molecular complexity index is 1090. The van der Waals surface area contributed by atoms with E-state index in [1.807, 2.05) is 32.0 Å². The number of hydrogen-bond donors (Lipinski definition) is 0. The molecule has 5 aromatic rings. The monoisotopic (exact) mass is 422 g/mol. The Labute approximate surface area is 195 Å². The maximum Gasteiger partial charge on any atom is -0.0181 e. The van der Waals surface area contributed by atoms with Crippen LogP contribution in [0.4, 0.5) is 0 Å². The fraction of sp³-hybridized carbons (Fsp3) is 0.188. The summed E-state index contributed by atoms with van der Waals surface area (Å²) >= 11 is 0. The highest BCUT2D eigenvalue weighted by molar-refractivity contribution is 5.83. The smallest absolute Gasteiger partial charge is 0.0181 e. The largest absolute Gasteiger partial charge is 0.0776 e. The van der Waals surface area contributed by atoms with E-state index in [1.54, 1.807) is 0 Å². The zero-order valence-electron chi connectivity index (χ0n) is 19.5. The third-order valence-corrected chi connectivity index (χ3v) is 4.75. The fourth-order valence-electron chi connectivity index (χ4n) is 3.15. The molecule has 0 bridgehead atoms. The summed E-state index contributed by atoms with van der Waals surface area (Å²) in [5.74, 6) is 0. The molecule has 0 aliphatic rings. The number of benzene rings is 5. The van der Waals surface area contributed by atoms with Crippen molar-refractivity contribution in [2.24, 2.45) is 0 Å². The van der Waals surface area contributed by atoms with E-state index >= 15 is 0 Å². The lowest BCUT2D eigenvalue weighted by atomic mass is 10.1. The third-order valence-electron chi connectivity index (χ3n) is 4.75. The van der Waals surface area contributed by atoms with Gasteiger partial charge in [0.15, 0.2) is 0 Å². The second-order valence-corrected chi connectivity index (χ2v) is 7.36. The lowest BCUT2D eigenvalue weighted by molar-refractivity contribution is 1.48. The highest BCUT2D eigenvalue weighted by Crippen LogP contribution is 2.15. The Morgan fingerprint density at radius 3 is 1.03 bits per heavy atom. The van der Waals surface area contributed by atoms with E-state index in [0.717, 1.165) is 0 Å². The minimum atomic E-state index is 0. The fourth-order valence-corrected chi connectivity index (χ4v) is 3.15. The molecule has 0 radical (unpaired) electrons. The zero-order chi connectivity index (χ0) is 22.5. The van der Waals surface area contributed by atoms with Gasteiger partial charge in [0, 0.05) is 0 Å². The normalized spacial score (nSPS) is 9.16. The molecule has 0 heterocycles. The van der Waals surface area contributed by atoms with Crippen LogP contribution in [0.3, 0.4) is 0 Å². The van der Waals surface area contributed by atoms with Crippen LogP contribution in [0.25, 0.3) is 21.5 Å². The lowest BCUT2D eigenvalue weighted by Gasteiger charge is -1.96. The predicted molar refractivity (Wildman–Crippen MR) is 147 cm³/mol. The molecule has 0 heteroatoms. The third kappa shape index (κ3) is 8.78. The summed E-state index contributed by atoms with van der Waals surface area (Å²) in [6.07, 6.45) is 0. The minimum absolute atomic E-state index is 0. The number of aryl methyl sites for hydroxylation is 3. The van der Waals surface area contributed by atoms with Crippen LogP contribution in [-0.2, 0) is 0 Å². The van der Waals surface area contributed by atoms with Crippen LogP contribution in [0.5, 0.6) is 0 Å². The second-order valence-electron chi connectivity index (χ2n) is 7.36. The summed E-state index contributed by atoms with van der Waals surface area (Å²) in [6.45, 7) is 10.3. The summed E-state index contributed by atoms with van der Waals surface area (Å²) in [6, 6.07) is 40.1. The number of hydrogen-bond acceptors (Lipinski definition) is 0. The SMILES string of the molecule is C.CC.Cc1ccc2ccccc2c1.Cc1ccc2ccccc2c1.Cc1ccccc1. The minimum Gasteiger partial charge on any atom is -0.0776 e.